The molecule has 3 rings (SSSR count). The molecule has 5 nitrogen and oxygen atoms in total. The Bertz CT molecular complexity index is 966. The lowest BCUT2D eigenvalue weighted by atomic mass is 10.0. The Morgan fingerprint density at radius 2 is 1.56 bits per heavy atom. The predicted molar refractivity (Wildman–Crippen MR) is 128 cm³/mol. The van der Waals surface area contributed by atoms with Gasteiger partial charge in [0.1, 0.15) is 18.1 Å². The Labute approximate surface area is 191 Å². The van der Waals surface area contributed by atoms with Crippen LogP contribution in [0, 0.1) is 5.92 Å². The fourth-order valence-electron chi connectivity index (χ4n) is 3.07. The summed E-state index contributed by atoms with van der Waals surface area (Å²) in [6, 6.07) is 21.9. The Morgan fingerprint density at radius 3 is 2.19 bits per heavy atom. The summed E-state index contributed by atoms with van der Waals surface area (Å²) in [5.74, 6) is 2.39. The van der Waals surface area contributed by atoms with Gasteiger partial charge in [-0.25, -0.2) is 4.98 Å². The SMILES string of the molecule is CC(C)Oc1ccc(Oc2ccc(CC/C(=N/OCc3ccccc3)C(C)C)cc2)cn1. The molecule has 3 aromatic rings. The summed E-state index contributed by atoms with van der Waals surface area (Å²) >= 11 is 0. The second-order valence-corrected chi connectivity index (χ2v) is 8.24. The molecule has 1 heterocycles. The third kappa shape index (κ3) is 7.73. The molecule has 0 atom stereocenters. The van der Waals surface area contributed by atoms with E-state index in [-0.39, 0.29) is 6.10 Å². The number of rotatable bonds is 11. The van der Waals surface area contributed by atoms with Crippen LogP contribution in [0.4, 0.5) is 0 Å². The zero-order chi connectivity index (χ0) is 22.8. The summed E-state index contributed by atoms with van der Waals surface area (Å²) in [5.41, 5.74) is 3.41. The first-order valence-corrected chi connectivity index (χ1v) is 11.1. The zero-order valence-corrected chi connectivity index (χ0v) is 19.3. The van der Waals surface area contributed by atoms with Gasteiger partial charge in [-0.2, -0.15) is 0 Å². The van der Waals surface area contributed by atoms with Gasteiger partial charge in [0.05, 0.1) is 18.0 Å². The second-order valence-electron chi connectivity index (χ2n) is 8.24. The van der Waals surface area contributed by atoms with Gasteiger partial charge in [0.2, 0.25) is 5.88 Å². The molecule has 0 saturated carbocycles. The van der Waals surface area contributed by atoms with Crippen LogP contribution in [-0.2, 0) is 17.9 Å². The third-order valence-electron chi connectivity index (χ3n) is 4.82. The van der Waals surface area contributed by atoms with Crippen molar-refractivity contribution in [1.29, 1.82) is 0 Å². The van der Waals surface area contributed by atoms with E-state index < -0.39 is 0 Å². The van der Waals surface area contributed by atoms with Crippen LogP contribution in [0.3, 0.4) is 0 Å². The number of hydrogen-bond acceptors (Lipinski definition) is 5. The highest BCUT2D eigenvalue weighted by Crippen LogP contribution is 2.23. The van der Waals surface area contributed by atoms with Crippen molar-refractivity contribution < 1.29 is 14.3 Å². The van der Waals surface area contributed by atoms with Crippen LogP contribution in [0.15, 0.2) is 78.1 Å². The lowest BCUT2D eigenvalue weighted by Crippen LogP contribution is -2.10. The lowest BCUT2D eigenvalue weighted by Gasteiger charge is -2.11. The summed E-state index contributed by atoms with van der Waals surface area (Å²) in [6.07, 6.45) is 3.52. The van der Waals surface area contributed by atoms with E-state index in [9.17, 15) is 0 Å². The van der Waals surface area contributed by atoms with Gasteiger partial charge in [-0.15, -0.1) is 0 Å². The Balaban J connectivity index is 1.50. The molecule has 0 amide bonds. The minimum absolute atomic E-state index is 0.0958. The van der Waals surface area contributed by atoms with Gasteiger partial charge < -0.3 is 14.3 Å². The molecule has 32 heavy (non-hydrogen) atoms. The Kier molecular flexibility index (Phi) is 8.67. The summed E-state index contributed by atoms with van der Waals surface area (Å²) in [4.78, 5) is 9.87. The normalized spacial score (nSPS) is 11.6. The fourth-order valence-corrected chi connectivity index (χ4v) is 3.07. The topological polar surface area (TPSA) is 52.9 Å². The fraction of sp³-hybridized carbons (Fsp3) is 0.333. The quantitative estimate of drug-likeness (QED) is 0.246. The van der Waals surface area contributed by atoms with Crippen molar-refractivity contribution in [3.8, 4) is 17.4 Å². The molecule has 0 aliphatic carbocycles. The average molecular weight is 433 g/mol. The van der Waals surface area contributed by atoms with E-state index >= 15 is 0 Å². The Hall–Kier alpha value is -3.34. The number of nitrogens with zero attached hydrogens (tertiary/aromatic N) is 2. The maximum Gasteiger partial charge on any atom is 0.213 e. The summed E-state index contributed by atoms with van der Waals surface area (Å²) < 4.78 is 11.5. The first kappa shape index (κ1) is 23.3. The monoisotopic (exact) mass is 432 g/mol. The van der Waals surface area contributed by atoms with Gasteiger partial charge in [-0.1, -0.05) is 61.5 Å². The van der Waals surface area contributed by atoms with E-state index in [2.05, 4.69) is 36.1 Å². The molecule has 0 N–H and O–H groups in total. The first-order valence-electron chi connectivity index (χ1n) is 11.1. The van der Waals surface area contributed by atoms with Crippen LogP contribution < -0.4 is 9.47 Å². The molecule has 0 radical (unpaired) electrons. The first-order chi connectivity index (χ1) is 15.5. The van der Waals surface area contributed by atoms with Crippen LogP contribution in [-0.4, -0.2) is 16.8 Å². The lowest BCUT2D eigenvalue weighted by molar-refractivity contribution is 0.128. The largest absolute Gasteiger partial charge is 0.475 e. The number of benzene rings is 2. The van der Waals surface area contributed by atoms with Crippen LogP contribution in [0.2, 0.25) is 0 Å². The van der Waals surface area contributed by atoms with Crippen LogP contribution >= 0.6 is 0 Å². The smallest absolute Gasteiger partial charge is 0.213 e. The highest BCUT2D eigenvalue weighted by atomic mass is 16.6. The van der Waals surface area contributed by atoms with Crippen molar-refractivity contribution in [2.75, 3.05) is 0 Å². The zero-order valence-electron chi connectivity index (χ0n) is 19.3. The molecular weight excluding hydrogens is 400 g/mol. The van der Waals surface area contributed by atoms with Crippen molar-refractivity contribution in [2.24, 2.45) is 11.1 Å². The van der Waals surface area contributed by atoms with Crippen molar-refractivity contribution >= 4 is 5.71 Å². The molecule has 0 aliphatic heterocycles. The van der Waals surface area contributed by atoms with Gasteiger partial charge in [0.15, 0.2) is 0 Å². The standard InChI is InChI=1S/C27H32N2O3/c1-20(2)26(29-30-19-23-8-6-5-7-9-23)16-12-22-10-13-24(14-11-22)32-25-15-17-27(28-18-25)31-21(3)4/h5-11,13-15,17-18,20-21H,12,16,19H2,1-4H3/b29-26-. The molecular formula is C27H32N2O3. The van der Waals surface area contributed by atoms with Crippen molar-refractivity contribution in [3.63, 3.8) is 0 Å². The van der Waals surface area contributed by atoms with Crippen LogP contribution in [0.5, 0.6) is 17.4 Å². The number of ether oxygens (including phenoxy) is 2. The molecule has 0 unspecified atom stereocenters. The van der Waals surface area contributed by atoms with E-state index in [0.717, 1.165) is 29.9 Å². The molecule has 168 valence electrons. The third-order valence-corrected chi connectivity index (χ3v) is 4.82. The van der Waals surface area contributed by atoms with E-state index in [4.69, 9.17) is 14.3 Å². The predicted octanol–water partition coefficient (Wildman–Crippen LogP) is 6.82. The van der Waals surface area contributed by atoms with Gasteiger partial charge in [-0.05, 0) is 61.9 Å². The molecule has 0 bridgehead atoms. The molecule has 5 heteroatoms. The summed E-state index contributed by atoms with van der Waals surface area (Å²) in [5, 5.41) is 4.41. The second kappa shape index (κ2) is 11.9. The van der Waals surface area contributed by atoms with Crippen molar-refractivity contribution in [1.82, 2.24) is 4.98 Å². The minimum Gasteiger partial charge on any atom is -0.475 e. The van der Waals surface area contributed by atoms with Crippen LogP contribution in [0.25, 0.3) is 0 Å². The molecule has 0 aliphatic rings. The maximum atomic E-state index is 5.89. The van der Waals surface area contributed by atoms with Crippen molar-refractivity contribution in [3.05, 3.63) is 84.1 Å². The van der Waals surface area contributed by atoms with Gasteiger partial charge >= 0.3 is 0 Å². The van der Waals surface area contributed by atoms with Gasteiger partial charge in [0, 0.05) is 6.07 Å². The number of pyridine rings is 1. The van der Waals surface area contributed by atoms with Gasteiger partial charge in [0.25, 0.3) is 0 Å². The summed E-state index contributed by atoms with van der Waals surface area (Å²) in [6.45, 7) is 8.73. The number of aryl methyl sites for hydroxylation is 1. The van der Waals surface area contributed by atoms with E-state index in [0.29, 0.717) is 24.2 Å². The number of oxime groups is 1. The number of aromatic nitrogens is 1. The average Bonchev–Trinajstić information content (AvgIpc) is 2.78. The van der Waals surface area contributed by atoms with Crippen LogP contribution in [0.1, 0.15) is 45.2 Å². The van der Waals surface area contributed by atoms with E-state index in [1.807, 2.05) is 68.4 Å². The van der Waals surface area contributed by atoms with Crippen molar-refractivity contribution in [2.45, 2.75) is 53.2 Å². The molecule has 0 fully saturated rings. The van der Waals surface area contributed by atoms with Gasteiger partial charge in [-0.3, -0.25) is 0 Å². The Morgan fingerprint density at radius 1 is 0.844 bits per heavy atom. The summed E-state index contributed by atoms with van der Waals surface area (Å²) in [7, 11) is 0. The highest BCUT2D eigenvalue weighted by molar-refractivity contribution is 5.85. The molecule has 2 aromatic carbocycles. The maximum absolute atomic E-state index is 5.89. The molecule has 0 saturated heterocycles. The van der Waals surface area contributed by atoms with E-state index in [1.165, 1.54) is 5.56 Å². The van der Waals surface area contributed by atoms with E-state index in [1.54, 1.807) is 6.20 Å². The molecule has 1 aromatic heterocycles. The highest BCUT2D eigenvalue weighted by Gasteiger charge is 2.08. The number of hydrogen-bond donors (Lipinski definition) is 0. The minimum atomic E-state index is 0.0958. The molecule has 0 spiro atoms.